The normalized spacial score (nSPS) is 12.3. The zero-order valence-electron chi connectivity index (χ0n) is 10.00. The summed E-state index contributed by atoms with van der Waals surface area (Å²) < 4.78 is 1.83. The van der Waals surface area contributed by atoms with Crippen LogP contribution in [0.25, 0.3) is 11.0 Å². The SMILES string of the molecule is Cc1nn(C)c2ncc(C(C)(C)C)cc12. The molecule has 3 nitrogen and oxygen atoms in total. The topological polar surface area (TPSA) is 30.7 Å². The predicted molar refractivity (Wildman–Crippen MR) is 61.9 cm³/mol. The van der Waals surface area contributed by atoms with Crippen molar-refractivity contribution in [3.63, 3.8) is 0 Å². The van der Waals surface area contributed by atoms with Crippen LogP contribution in [0.4, 0.5) is 0 Å². The fraction of sp³-hybridized carbons (Fsp3) is 0.500. The molecule has 0 fully saturated rings. The molecule has 0 aliphatic heterocycles. The molecule has 2 rings (SSSR count). The lowest BCUT2D eigenvalue weighted by molar-refractivity contribution is 0.588. The first kappa shape index (κ1) is 10.1. The summed E-state index contributed by atoms with van der Waals surface area (Å²) in [6, 6.07) is 2.20. The number of aryl methyl sites for hydroxylation is 2. The summed E-state index contributed by atoms with van der Waals surface area (Å²) in [6.07, 6.45) is 1.95. The lowest BCUT2D eigenvalue weighted by Crippen LogP contribution is -2.11. The molecular formula is C12H17N3. The zero-order valence-corrected chi connectivity index (χ0v) is 10.00. The molecule has 2 heterocycles. The third kappa shape index (κ3) is 1.62. The summed E-state index contributed by atoms with van der Waals surface area (Å²) in [4.78, 5) is 4.47. The van der Waals surface area contributed by atoms with Gasteiger partial charge in [0, 0.05) is 18.6 Å². The molecule has 0 aromatic carbocycles. The third-order valence-electron chi connectivity index (χ3n) is 2.73. The Balaban J connectivity index is 2.71. The maximum absolute atomic E-state index is 4.47. The molecule has 0 saturated heterocycles. The van der Waals surface area contributed by atoms with E-state index in [4.69, 9.17) is 0 Å². The molecule has 0 amide bonds. The Hall–Kier alpha value is -1.38. The van der Waals surface area contributed by atoms with Crippen LogP contribution in [0.3, 0.4) is 0 Å². The van der Waals surface area contributed by atoms with Gasteiger partial charge in [0.1, 0.15) is 0 Å². The molecule has 0 saturated carbocycles. The van der Waals surface area contributed by atoms with Crippen molar-refractivity contribution >= 4 is 11.0 Å². The summed E-state index contributed by atoms with van der Waals surface area (Å²) in [5, 5.41) is 5.52. The van der Waals surface area contributed by atoms with Gasteiger partial charge in [0.2, 0.25) is 0 Å². The Morgan fingerprint density at radius 3 is 2.53 bits per heavy atom. The Kier molecular flexibility index (Phi) is 2.07. The number of aromatic nitrogens is 3. The van der Waals surface area contributed by atoms with Crippen LogP contribution in [0.2, 0.25) is 0 Å². The second kappa shape index (κ2) is 3.05. The molecule has 0 aliphatic rings. The molecule has 80 valence electrons. The molecule has 0 bridgehead atoms. The fourth-order valence-electron chi connectivity index (χ4n) is 1.72. The van der Waals surface area contributed by atoms with E-state index in [1.807, 2.05) is 24.9 Å². The van der Waals surface area contributed by atoms with E-state index in [1.54, 1.807) is 0 Å². The van der Waals surface area contributed by atoms with E-state index < -0.39 is 0 Å². The minimum atomic E-state index is 0.142. The molecule has 0 spiro atoms. The Labute approximate surface area is 90.1 Å². The standard InChI is InChI=1S/C12H17N3/c1-8-10-6-9(12(2,3)4)7-13-11(10)15(5)14-8/h6-7H,1-5H3. The monoisotopic (exact) mass is 203 g/mol. The first-order valence-corrected chi connectivity index (χ1v) is 5.19. The van der Waals surface area contributed by atoms with Gasteiger partial charge in [0.15, 0.2) is 5.65 Å². The maximum atomic E-state index is 4.47. The Bertz CT molecular complexity index is 503. The van der Waals surface area contributed by atoms with Crippen molar-refractivity contribution in [2.75, 3.05) is 0 Å². The average molecular weight is 203 g/mol. The molecule has 0 N–H and O–H groups in total. The fourth-order valence-corrected chi connectivity index (χ4v) is 1.72. The molecule has 0 atom stereocenters. The molecule has 0 radical (unpaired) electrons. The molecule has 3 heteroatoms. The van der Waals surface area contributed by atoms with Crippen LogP contribution >= 0.6 is 0 Å². The van der Waals surface area contributed by atoms with Gasteiger partial charge in [0.25, 0.3) is 0 Å². The summed E-state index contributed by atoms with van der Waals surface area (Å²) in [6.45, 7) is 8.61. The summed E-state index contributed by atoms with van der Waals surface area (Å²) in [5.41, 5.74) is 3.40. The van der Waals surface area contributed by atoms with Gasteiger partial charge in [-0.05, 0) is 24.0 Å². The number of fused-ring (bicyclic) bond motifs is 1. The maximum Gasteiger partial charge on any atom is 0.157 e. The smallest absolute Gasteiger partial charge is 0.157 e. The van der Waals surface area contributed by atoms with E-state index in [0.29, 0.717) is 0 Å². The van der Waals surface area contributed by atoms with Gasteiger partial charge in [-0.3, -0.25) is 4.68 Å². The van der Waals surface area contributed by atoms with Crippen molar-refractivity contribution in [1.29, 1.82) is 0 Å². The van der Waals surface area contributed by atoms with Crippen LogP contribution in [0.5, 0.6) is 0 Å². The van der Waals surface area contributed by atoms with Gasteiger partial charge >= 0.3 is 0 Å². The van der Waals surface area contributed by atoms with Crippen LogP contribution in [-0.2, 0) is 12.5 Å². The highest BCUT2D eigenvalue weighted by atomic mass is 15.3. The number of hydrogen-bond donors (Lipinski definition) is 0. The highest BCUT2D eigenvalue weighted by Gasteiger charge is 2.16. The van der Waals surface area contributed by atoms with Crippen molar-refractivity contribution in [3.8, 4) is 0 Å². The van der Waals surface area contributed by atoms with E-state index in [-0.39, 0.29) is 5.41 Å². The van der Waals surface area contributed by atoms with Crippen molar-refractivity contribution in [1.82, 2.24) is 14.8 Å². The van der Waals surface area contributed by atoms with E-state index in [1.165, 1.54) is 5.56 Å². The quantitative estimate of drug-likeness (QED) is 0.659. The van der Waals surface area contributed by atoms with Crippen molar-refractivity contribution in [3.05, 3.63) is 23.5 Å². The van der Waals surface area contributed by atoms with E-state index >= 15 is 0 Å². The van der Waals surface area contributed by atoms with Crippen molar-refractivity contribution in [2.24, 2.45) is 7.05 Å². The summed E-state index contributed by atoms with van der Waals surface area (Å²) >= 11 is 0. The minimum Gasteiger partial charge on any atom is -0.250 e. The molecular weight excluding hydrogens is 186 g/mol. The van der Waals surface area contributed by atoms with Crippen LogP contribution in [0.1, 0.15) is 32.0 Å². The second-order valence-corrected chi connectivity index (χ2v) is 5.05. The van der Waals surface area contributed by atoms with Crippen LogP contribution < -0.4 is 0 Å². The Morgan fingerprint density at radius 1 is 1.27 bits per heavy atom. The highest BCUT2D eigenvalue weighted by molar-refractivity contribution is 5.78. The number of pyridine rings is 1. The van der Waals surface area contributed by atoms with Gasteiger partial charge in [0.05, 0.1) is 5.69 Å². The largest absolute Gasteiger partial charge is 0.250 e. The summed E-state index contributed by atoms with van der Waals surface area (Å²) in [7, 11) is 1.93. The molecule has 0 unspecified atom stereocenters. The first-order chi connectivity index (χ1) is 6.89. The van der Waals surface area contributed by atoms with Crippen LogP contribution in [-0.4, -0.2) is 14.8 Å². The Morgan fingerprint density at radius 2 is 1.93 bits per heavy atom. The van der Waals surface area contributed by atoms with Gasteiger partial charge in [-0.25, -0.2) is 4.98 Å². The van der Waals surface area contributed by atoms with E-state index in [2.05, 4.69) is 36.9 Å². The average Bonchev–Trinajstić information content (AvgIpc) is 2.41. The molecule has 2 aromatic heterocycles. The van der Waals surface area contributed by atoms with Gasteiger partial charge in [-0.1, -0.05) is 20.8 Å². The van der Waals surface area contributed by atoms with Crippen molar-refractivity contribution < 1.29 is 0 Å². The number of hydrogen-bond acceptors (Lipinski definition) is 2. The summed E-state index contributed by atoms with van der Waals surface area (Å²) in [5.74, 6) is 0. The first-order valence-electron chi connectivity index (χ1n) is 5.19. The van der Waals surface area contributed by atoms with E-state index in [0.717, 1.165) is 16.7 Å². The number of nitrogens with zero attached hydrogens (tertiary/aromatic N) is 3. The van der Waals surface area contributed by atoms with Crippen LogP contribution in [0.15, 0.2) is 12.3 Å². The zero-order chi connectivity index (χ0) is 11.2. The number of rotatable bonds is 0. The lowest BCUT2D eigenvalue weighted by atomic mass is 9.88. The highest BCUT2D eigenvalue weighted by Crippen LogP contribution is 2.25. The lowest BCUT2D eigenvalue weighted by Gasteiger charge is -2.18. The van der Waals surface area contributed by atoms with Gasteiger partial charge in [-0.15, -0.1) is 0 Å². The minimum absolute atomic E-state index is 0.142. The molecule has 2 aromatic rings. The van der Waals surface area contributed by atoms with Gasteiger partial charge in [-0.2, -0.15) is 5.10 Å². The second-order valence-electron chi connectivity index (χ2n) is 5.05. The van der Waals surface area contributed by atoms with Crippen molar-refractivity contribution in [2.45, 2.75) is 33.1 Å². The van der Waals surface area contributed by atoms with Crippen LogP contribution in [0, 0.1) is 6.92 Å². The molecule has 0 aliphatic carbocycles. The predicted octanol–water partition coefficient (Wildman–Crippen LogP) is 2.57. The van der Waals surface area contributed by atoms with Gasteiger partial charge < -0.3 is 0 Å². The molecule has 15 heavy (non-hydrogen) atoms. The third-order valence-corrected chi connectivity index (χ3v) is 2.73. The van der Waals surface area contributed by atoms with E-state index in [9.17, 15) is 0 Å².